The van der Waals surface area contributed by atoms with Crippen molar-refractivity contribution >= 4 is 32.8 Å². The van der Waals surface area contributed by atoms with Crippen molar-refractivity contribution in [1.82, 2.24) is 4.98 Å². The molecule has 0 amide bonds. The van der Waals surface area contributed by atoms with Crippen LogP contribution in [-0.2, 0) is 0 Å². The number of pyridine rings is 1. The van der Waals surface area contributed by atoms with Crippen LogP contribution in [0.15, 0.2) is 52.9 Å². The summed E-state index contributed by atoms with van der Waals surface area (Å²) >= 11 is 0. The van der Waals surface area contributed by atoms with Crippen molar-refractivity contribution in [3.8, 4) is 5.88 Å². The van der Waals surface area contributed by atoms with Crippen molar-refractivity contribution in [3.05, 3.63) is 48.5 Å². The lowest BCUT2D eigenvalue weighted by molar-refractivity contribution is 0.405. The van der Waals surface area contributed by atoms with Crippen molar-refractivity contribution in [2.75, 3.05) is 7.11 Å². The smallest absolute Gasteiger partial charge is 0.221 e. The molecule has 0 fully saturated rings. The molecule has 0 atom stereocenters. The third-order valence-electron chi connectivity index (χ3n) is 3.38. The van der Waals surface area contributed by atoms with Gasteiger partial charge in [0.15, 0.2) is 5.58 Å². The van der Waals surface area contributed by atoms with Crippen LogP contribution >= 0.6 is 0 Å². The quantitative estimate of drug-likeness (QED) is 0.508. The van der Waals surface area contributed by atoms with Gasteiger partial charge in [-0.3, -0.25) is 0 Å². The molecule has 3 heteroatoms. The number of para-hydroxylation sites is 1. The second kappa shape index (κ2) is 3.72. The Hall–Kier alpha value is -2.55. The SMILES string of the molecule is COc1nc2c3ccccc3oc2c2ccccc12. The third kappa shape index (κ3) is 1.35. The molecule has 0 spiro atoms. The highest BCUT2D eigenvalue weighted by Crippen LogP contribution is 2.35. The normalized spacial score (nSPS) is 11.4. The first-order chi connectivity index (χ1) is 9.38. The Kier molecular flexibility index (Phi) is 2.03. The first kappa shape index (κ1) is 10.4. The number of fused-ring (bicyclic) bond motifs is 5. The zero-order chi connectivity index (χ0) is 12.8. The Balaban J connectivity index is 2.32. The van der Waals surface area contributed by atoms with Gasteiger partial charge < -0.3 is 9.15 Å². The van der Waals surface area contributed by atoms with Crippen LogP contribution in [0.5, 0.6) is 5.88 Å². The number of furan rings is 1. The average molecular weight is 249 g/mol. The number of methoxy groups -OCH3 is 1. The van der Waals surface area contributed by atoms with Gasteiger partial charge in [-0.05, 0) is 18.2 Å². The fourth-order valence-corrected chi connectivity index (χ4v) is 2.51. The lowest BCUT2D eigenvalue weighted by Crippen LogP contribution is -1.89. The Morgan fingerprint density at radius 3 is 2.37 bits per heavy atom. The molecule has 0 saturated heterocycles. The molecule has 2 aromatic heterocycles. The summed E-state index contributed by atoms with van der Waals surface area (Å²) in [6, 6.07) is 15.9. The fourth-order valence-electron chi connectivity index (χ4n) is 2.51. The standard InChI is InChI=1S/C16H11NO2/c1-18-16-11-7-3-2-6-10(11)15-14(17-16)12-8-4-5-9-13(12)19-15/h2-9H,1H3. The predicted molar refractivity (Wildman–Crippen MR) is 75.6 cm³/mol. The molecule has 0 radical (unpaired) electrons. The number of aromatic nitrogens is 1. The fraction of sp³-hybridized carbons (Fsp3) is 0.0625. The molecular weight excluding hydrogens is 238 g/mol. The molecular formula is C16H11NO2. The predicted octanol–water partition coefficient (Wildman–Crippen LogP) is 4.14. The molecule has 0 aliphatic heterocycles. The summed E-state index contributed by atoms with van der Waals surface area (Å²) in [6.07, 6.45) is 0. The van der Waals surface area contributed by atoms with E-state index in [1.165, 1.54) is 0 Å². The van der Waals surface area contributed by atoms with Crippen molar-refractivity contribution in [2.45, 2.75) is 0 Å². The van der Waals surface area contributed by atoms with Gasteiger partial charge in [-0.1, -0.05) is 30.3 Å². The summed E-state index contributed by atoms with van der Waals surface area (Å²) in [5.74, 6) is 0.634. The number of hydrogen-bond acceptors (Lipinski definition) is 3. The maximum Gasteiger partial charge on any atom is 0.221 e. The monoisotopic (exact) mass is 249 g/mol. The zero-order valence-electron chi connectivity index (χ0n) is 10.4. The van der Waals surface area contributed by atoms with Crippen molar-refractivity contribution in [2.24, 2.45) is 0 Å². The van der Waals surface area contributed by atoms with Gasteiger partial charge in [0.2, 0.25) is 5.88 Å². The topological polar surface area (TPSA) is 35.3 Å². The van der Waals surface area contributed by atoms with Crippen molar-refractivity contribution in [3.63, 3.8) is 0 Å². The summed E-state index contributed by atoms with van der Waals surface area (Å²) in [7, 11) is 1.64. The highest BCUT2D eigenvalue weighted by atomic mass is 16.5. The number of rotatable bonds is 1. The van der Waals surface area contributed by atoms with Gasteiger partial charge in [-0.25, -0.2) is 4.98 Å². The molecule has 0 aliphatic carbocycles. The van der Waals surface area contributed by atoms with E-state index < -0.39 is 0 Å². The lowest BCUT2D eigenvalue weighted by Gasteiger charge is -2.04. The highest BCUT2D eigenvalue weighted by molar-refractivity contribution is 6.13. The van der Waals surface area contributed by atoms with E-state index in [2.05, 4.69) is 4.98 Å². The van der Waals surface area contributed by atoms with E-state index in [4.69, 9.17) is 9.15 Å². The molecule has 92 valence electrons. The highest BCUT2D eigenvalue weighted by Gasteiger charge is 2.14. The maximum atomic E-state index is 5.95. The summed E-state index contributed by atoms with van der Waals surface area (Å²) in [6.45, 7) is 0. The summed E-state index contributed by atoms with van der Waals surface area (Å²) in [5.41, 5.74) is 2.52. The van der Waals surface area contributed by atoms with E-state index in [-0.39, 0.29) is 0 Å². The van der Waals surface area contributed by atoms with Crippen LogP contribution in [0.3, 0.4) is 0 Å². The average Bonchev–Trinajstić information content (AvgIpc) is 2.85. The van der Waals surface area contributed by atoms with Crippen LogP contribution in [0.25, 0.3) is 32.8 Å². The van der Waals surface area contributed by atoms with Crippen molar-refractivity contribution < 1.29 is 9.15 Å². The molecule has 0 N–H and O–H groups in total. The largest absolute Gasteiger partial charge is 0.481 e. The summed E-state index contributed by atoms with van der Waals surface area (Å²) < 4.78 is 11.3. The number of ether oxygens (including phenoxy) is 1. The molecule has 19 heavy (non-hydrogen) atoms. The van der Waals surface area contributed by atoms with Gasteiger partial charge in [0.05, 0.1) is 7.11 Å². The third-order valence-corrected chi connectivity index (χ3v) is 3.38. The van der Waals surface area contributed by atoms with E-state index >= 15 is 0 Å². The minimum atomic E-state index is 0.634. The van der Waals surface area contributed by atoms with Gasteiger partial charge in [0, 0.05) is 16.2 Å². The molecule has 3 nitrogen and oxygen atoms in total. The van der Waals surface area contributed by atoms with Gasteiger partial charge in [0.1, 0.15) is 11.1 Å². The molecule has 2 heterocycles. The summed E-state index contributed by atoms with van der Waals surface area (Å²) in [5, 5.41) is 3.01. The van der Waals surface area contributed by atoms with Crippen LogP contribution in [0.2, 0.25) is 0 Å². The van der Waals surface area contributed by atoms with E-state index in [0.717, 1.165) is 32.8 Å². The Morgan fingerprint density at radius 2 is 1.58 bits per heavy atom. The second-order valence-corrected chi connectivity index (χ2v) is 4.44. The van der Waals surface area contributed by atoms with Crippen LogP contribution in [0.4, 0.5) is 0 Å². The molecule has 0 saturated carbocycles. The Morgan fingerprint density at radius 1 is 0.895 bits per heavy atom. The van der Waals surface area contributed by atoms with Gasteiger partial charge >= 0.3 is 0 Å². The first-order valence-corrected chi connectivity index (χ1v) is 6.12. The maximum absolute atomic E-state index is 5.95. The molecule has 4 rings (SSSR count). The molecule has 4 aromatic rings. The minimum Gasteiger partial charge on any atom is -0.481 e. The van der Waals surface area contributed by atoms with Gasteiger partial charge in [-0.15, -0.1) is 0 Å². The lowest BCUT2D eigenvalue weighted by atomic mass is 10.1. The second-order valence-electron chi connectivity index (χ2n) is 4.44. The Labute approximate surface area is 109 Å². The summed E-state index contributed by atoms with van der Waals surface area (Å²) in [4.78, 5) is 4.59. The molecule has 0 unspecified atom stereocenters. The minimum absolute atomic E-state index is 0.634. The van der Waals surface area contributed by atoms with Crippen LogP contribution in [-0.4, -0.2) is 12.1 Å². The zero-order valence-corrected chi connectivity index (χ0v) is 10.4. The number of hydrogen-bond donors (Lipinski definition) is 0. The van der Waals surface area contributed by atoms with E-state index in [9.17, 15) is 0 Å². The van der Waals surface area contributed by atoms with Gasteiger partial charge in [0.25, 0.3) is 0 Å². The number of nitrogens with zero attached hydrogens (tertiary/aromatic N) is 1. The van der Waals surface area contributed by atoms with Crippen LogP contribution < -0.4 is 4.74 Å². The molecule has 2 aromatic carbocycles. The van der Waals surface area contributed by atoms with E-state index in [1.54, 1.807) is 7.11 Å². The Bertz CT molecular complexity index is 908. The first-order valence-electron chi connectivity index (χ1n) is 6.12. The number of benzene rings is 2. The van der Waals surface area contributed by atoms with Crippen LogP contribution in [0.1, 0.15) is 0 Å². The van der Waals surface area contributed by atoms with Gasteiger partial charge in [-0.2, -0.15) is 0 Å². The van der Waals surface area contributed by atoms with E-state index in [1.807, 2.05) is 48.5 Å². The molecule has 0 bridgehead atoms. The van der Waals surface area contributed by atoms with Crippen molar-refractivity contribution in [1.29, 1.82) is 0 Å². The molecule has 0 aliphatic rings. The van der Waals surface area contributed by atoms with Crippen LogP contribution in [0, 0.1) is 0 Å². The van der Waals surface area contributed by atoms with E-state index in [0.29, 0.717) is 5.88 Å².